The first kappa shape index (κ1) is 37.2. The molecule has 13 heteroatoms. The standard InChI is InChI=1S/C39H44O13/c1-21-26(42)18-39(46)33(51-34(44)25-15-11-8-12-16-25)31-37(6,32(43)30(49-22(2)40)29(21)36(39,4)5)27(17-28-38(31,20-48-28)52-23(3)41)50-35(45)47-19-24-13-9-7-10-14-24/h7-16,21,26-28,31,33,42,46H,17-20H2,1-6H3/t21?,26-,27-,28+,31-,33-,37+,38-,39+/m0/s1. The Balaban J connectivity index is 1.60. The Bertz CT molecular complexity index is 1790. The zero-order chi connectivity index (χ0) is 37.8. The third kappa shape index (κ3) is 5.88. The SMILES string of the molecule is CC(=O)OC1=C2C(C)[C@@H](O)C[C@@](O)([C@@H](OC(=O)c3ccccc3)[C@@H]3[C@]4(OC(C)=O)CO[C@@H]4C[C@H](OC(=O)OCc4ccccc4)[C@@]3(C)C1=O)C2(C)C. The van der Waals surface area contributed by atoms with Crippen molar-refractivity contribution in [2.45, 2.75) is 96.6 Å². The molecular weight excluding hydrogens is 676 g/mol. The van der Waals surface area contributed by atoms with Gasteiger partial charge in [0.25, 0.3) is 0 Å². The van der Waals surface area contributed by atoms with E-state index in [-0.39, 0.29) is 37.2 Å². The lowest BCUT2D eigenvalue weighted by Crippen LogP contribution is -2.81. The fourth-order valence-corrected chi connectivity index (χ4v) is 8.91. The number of Topliss-reactive ketones (excluding diaryl/α,β-unsaturated/α-hetero) is 1. The maximum atomic E-state index is 15.5. The van der Waals surface area contributed by atoms with Crippen LogP contribution in [0.3, 0.4) is 0 Å². The zero-order valence-corrected chi connectivity index (χ0v) is 30.0. The van der Waals surface area contributed by atoms with Crippen LogP contribution in [0.25, 0.3) is 0 Å². The average Bonchev–Trinajstić information content (AvgIpc) is 3.09. The second-order valence-electron chi connectivity index (χ2n) is 14.9. The maximum absolute atomic E-state index is 15.5. The highest BCUT2D eigenvalue weighted by molar-refractivity contribution is 6.02. The second kappa shape index (κ2) is 13.4. The van der Waals surface area contributed by atoms with Crippen molar-refractivity contribution in [2.24, 2.45) is 22.7 Å². The normalized spacial score (nSPS) is 34.6. The van der Waals surface area contributed by atoms with Crippen molar-refractivity contribution < 1.29 is 62.6 Å². The average molecular weight is 721 g/mol. The highest BCUT2D eigenvalue weighted by Gasteiger charge is 2.78. The van der Waals surface area contributed by atoms with Crippen LogP contribution in [0, 0.1) is 22.7 Å². The van der Waals surface area contributed by atoms with Gasteiger partial charge in [-0.05, 0) is 30.2 Å². The molecule has 0 radical (unpaired) electrons. The largest absolute Gasteiger partial charge is 0.508 e. The highest BCUT2D eigenvalue weighted by atomic mass is 16.7. The summed E-state index contributed by atoms with van der Waals surface area (Å²) < 4.78 is 35.5. The van der Waals surface area contributed by atoms with Gasteiger partial charge in [0.05, 0.1) is 29.6 Å². The Morgan fingerprint density at radius 2 is 1.56 bits per heavy atom. The number of carbonyl (C=O) groups excluding carboxylic acids is 5. The van der Waals surface area contributed by atoms with E-state index in [0.717, 1.165) is 6.92 Å². The van der Waals surface area contributed by atoms with E-state index in [1.165, 1.54) is 26.0 Å². The number of allylic oxidation sites excluding steroid dienone is 1. The molecule has 2 saturated carbocycles. The molecule has 278 valence electrons. The molecule has 9 atom stereocenters. The molecule has 52 heavy (non-hydrogen) atoms. The fourth-order valence-electron chi connectivity index (χ4n) is 8.91. The summed E-state index contributed by atoms with van der Waals surface area (Å²) in [5, 5.41) is 24.7. The van der Waals surface area contributed by atoms with Crippen molar-refractivity contribution >= 4 is 29.8 Å². The van der Waals surface area contributed by atoms with E-state index in [9.17, 15) is 29.4 Å². The minimum atomic E-state index is -2.21. The Hall–Kier alpha value is -4.59. The number of aliphatic hydroxyl groups is 2. The molecule has 1 unspecified atom stereocenters. The molecule has 1 heterocycles. The first-order valence-corrected chi connectivity index (χ1v) is 17.3. The van der Waals surface area contributed by atoms with E-state index in [1.54, 1.807) is 69.3 Å². The summed E-state index contributed by atoms with van der Waals surface area (Å²) in [6.45, 7) is 8.16. The Morgan fingerprint density at radius 3 is 2.13 bits per heavy atom. The first-order valence-electron chi connectivity index (χ1n) is 17.3. The summed E-state index contributed by atoms with van der Waals surface area (Å²) in [6, 6.07) is 16.8. The molecule has 3 aliphatic carbocycles. The van der Waals surface area contributed by atoms with E-state index >= 15 is 4.79 Å². The van der Waals surface area contributed by atoms with Crippen LogP contribution in [0.1, 0.15) is 70.3 Å². The molecule has 2 aromatic carbocycles. The molecule has 1 aliphatic heterocycles. The number of hydrogen-bond acceptors (Lipinski definition) is 13. The number of esters is 3. The van der Waals surface area contributed by atoms with Crippen LogP contribution in [0.4, 0.5) is 4.79 Å². The van der Waals surface area contributed by atoms with Crippen molar-refractivity contribution in [1.29, 1.82) is 0 Å². The van der Waals surface area contributed by atoms with Gasteiger partial charge >= 0.3 is 24.1 Å². The predicted molar refractivity (Wildman–Crippen MR) is 180 cm³/mol. The molecule has 4 aliphatic rings. The van der Waals surface area contributed by atoms with Crippen LogP contribution in [-0.2, 0) is 49.4 Å². The number of benzene rings is 2. The fraction of sp³-hybridized carbons (Fsp3) is 0.513. The summed E-state index contributed by atoms with van der Waals surface area (Å²) in [5.41, 5.74) is -6.58. The van der Waals surface area contributed by atoms with Crippen LogP contribution in [-0.4, -0.2) is 82.3 Å². The number of ether oxygens (including phenoxy) is 6. The smallest absolute Gasteiger partial charge is 0.455 e. The first-order chi connectivity index (χ1) is 24.5. The molecule has 2 N–H and O–H groups in total. The lowest BCUT2D eigenvalue weighted by Gasteiger charge is -2.67. The highest BCUT2D eigenvalue weighted by Crippen LogP contribution is 2.65. The Morgan fingerprint density at radius 1 is 0.923 bits per heavy atom. The monoisotopic (exact) mass is 720 g/mol. The number of rotatable bonds is 7. The van der Waals surface area contributed by atoms with Gasteiger partial charge in [0, 0.05) is 38.0 Å². The van der Waals surface area contributed by atoms with Crippen molar-refractivity contribution in [3.63, 3.8) is 0 Å². The van der Waals surface area contributed by atoms with Gasteiger partial charge in [0.2, 0.25) is 5.78 Å². The topological polar surface area (TPSA) is 181 Å². The van der Waals surface area contributed by atoms with Gasteiger partial charge in [-0.1, -0.05) is 69.3 Å². The van der Waals surface area contributed by atoms with Crippen LogP contribution in [0.2, 0.25) is 0 Å². The molecule has 3 fully saturated rings. The minimum Gasteiger partial charge on any atom is -0.455 e. The summed E-state index contributed by atoms with van der Waals surface area (Å²) in [6.07, 6.45) is -7.13. The Kier molecular flexibility index (Phi) is 9.60. The molecule has 2 bridgehead atoms. The molecule has 6 rings (SSSR count). The van der Waals surface area contributed by atoms with Crippen molar-refractivity contribution in [2.75, 3.05) is 6.61 Å². The van der Waals surface area contributed by atoms with Gasteiger partial charge in [0.15, 0.2) is 11.4 Å². The number of hydrogen-bond donors (Lipinski definition) is 2. The minimum absolute atomic E-state index is 0.105. The van der Waals surface area contributed by atoms with Gasteiger partial charge < -0.3 is 38.6 Å². The third-order valence-corrected chi connectivity index (χ3v) is 11.6. The Labute approximate surface area is 301 Å². The molecule has 0 amide bonds. The quantitative estimate of drug-likeness (QED) is 0.307. The molecule has 0 aromatic heterocycles. The van der Waals surface area contributed by atoms with E-state index < -0.39 is 93.9 Å². The summed E-state index contributed by atoms with van der Waals surface area (Å²) >= 11 is 0. The van der Waals surface area contributed by atoms with Crippen molar-refractivity contribution in [1.82, 2.24) is 0 Å². The molecule has 1 saturated heterocycles. The summed E-state index contributed by atoms with van der Waals surface area (Å²) in [5.74, 6) is -6.11. The van der Waals surface area contributed by atoms with Crippen LogP contribution < -0.4 is 0 Å². The maximum Gasteiger partial charge on any atom is 0.508 e. The van der Waals surface area contributed by atoms with Crippen LogP contribution in [0.15, 0.2) is 72.0 Å². The van der Waals surface area contributed by atoms with Gasteiger partial charge in [-0.25, -0.2) is 9.59 Å². The zero-order valence-electron chi connectivity index (χ0n) is 30.0. The van der Waals surface area contributed by atoms with Crippen LogP contribution in [0.5, 0.6) is 0 Å². The number of aliphatic hydroxyl groups excluding tert-OH is 1. The number of ketones is 1. The molecule has 2 aromatic rings. The van der Waals surface area contributed by atoms with E-state index in [2.05, 4.69) is 0 Å². The van der Waals surface area contributed by atoms with Crippen LogP contribution >= 0.6 is 0 Å². The van der Waals surface area contributed by atoms with Gasteiger partial charge in [-0.15, -0.1) is 0 Å². The number of carbonyl (C=O) groups is 5. The second-order valence-corrected chi connectivity index (χ2v) is 14.9. The van der Waals surface area contributed by atoms with Crippen molar-refractivity contribution in [3.8, 4) is 0 Å². The number of fused-ring (bicyclic) bond motifs is 5. The van der Waals surface area contributed by atoms with Crippen molar-refractivity contribution in [3.05, 3.63) is 83.1 Å². The molecular formula is C39H44O13. The predicted octanol–water partition coefficient (Wildman–Crippen LogP) is 4.22. The van der Waals surface area contributed by atoms with Gasteiger partial charge in [-0.3, -0.25) is 14.4 Å². The lowest BCUT2D eigenvalue weighted by molar-refractivity contribution is -0.345. The third-order valence-electron chi connectivity index (χ3n) is 11.6. The van der Waals surface area contributed by atoms with E-state index in [1.807, 2.05) is 0 Å². The summed E-state index contributed by atoms with van der Waals surface area (Å²) in [4.78, 5) is 68.6. The molecule has 13 nitrogen and oxygen atoms in total. The summed E-state index contributed by atoms with van der Waals surface area (Å²) in [7, 11) is 0. The lowest BCUT2D eigenvalue weighted by atomic mass is 9.45. The van der Waals surface area contributed by atoms with E-state index in [0.29, 0.717) is 5.56 Å². The van der Waals surface area contributed by atoms with Gasteiger partial charge in [-0.2, -0.15) is 0 Å². The molecule has 0 spiro atoms. The van der Waals surface area contributed by atoms with E-state index in [4.69, 9.17) is 28.4 Å². The van der Waals surface area contributed by atoms with Gasteiger partial charge in [0.1, 0.15) is 30.5 Å².